The molecule has 0 spiro atoms. The fraction of sp³-hybridized carbons (Fsp3) is 0.0952. The van der Waals surface area contributed by atoms with Crippen molar-refractivity contribution >= 4 is 35.0 Å². The molecule has 0 aliphatic heterocycles. The van der Waals surface area contributed by atoms with Crippen LogP contribution in [-0.2, 0) is 4.79 Å². The van der Waals surface area contributed by atoms with Crippen LogP contribution in [0.15, 0.2) is 83.8 Å². The van der Waals surface area contributed by atoms with Crippen molar-refractivity contribution in [3.05, 3.63) is 83.9 Å². The molecule has 3 nitrogen and oxygen atoms in total. The molecule has 0 atom stereocenters. The molecule has 0 saturated carbocycles. The van der Waals surface area contributed by atoms with E-state index >= 15 is 0 Å². The largest absolute Gasteiger partial charge is 0.457 e. The number of carbonyl (C=O) groups excluding carboxylic acids is 1. The number of benzene rings is 3. The Morgan fingerprint density at radius 1 is 0.885 bits per heavy atom. The number of anilines is 1. The van der Waals surface area contributed by atoms with Crippen molar-refractivity contribution in [1.29, 1.82) is 0 Å². The molecule has 132 valence electrons. The van der Waals surface area contributed by atoms with Gasteiger partial charge >= 0.3 is 0 Å². The van der Waals surface area contributed by atoms with Gasteiger partial charge in [0.2, 0.25) is 5.91 Å². The Balaban J connectivity index is 1.44. The van der Waals surface area contributed by atoms with Gasteiger partial charge in [-0.15, -0.1) is 11.8 Å². The second-order valence-corrected chi connectivity index (χ2v) is 7.14. The second-order valence-electron chi connectivity index (χ2n) is 5.54. The fourth-order valence-corrected chi connectivity index (χ4v) is 3.22. The zero-order valence-electron chi connectivity index (χ0n) is 14.0. The number of ether oxygens (including phenoxy) is 1. The van der Waals surface area contributed by atoms with Crippen LogP contribution < -0.4 is 10.1 Å². The summed E-state index contributed by atoms with van der Waals surface area (Å²) in [6.07, 6.45) is 0.440. The van der Waals surface area contributed by atoms with E-state index in [1.807, 2.05) is 78.9 Å². The highest BCUT2D eigenvalue weighted by atomic mass is 35.5. The Bertz CT molecular complexity index is 836. The van der Waals surface area contributed by atoms with Crippen LogP contribution in [0.4, 0.5) is 5.69 Å². The van der Waals surface area contributed by atoms with Crippen LogP contribution in [0.25, 0.3) is 0 Å². The van der Waals surface area contributed by atoms with Crippen molar-refractivity contribution in [1.82, 2.24) is 0 Å². The van der Waals surface area contributed by atoms with Crippen LogP contribution in [0.1, 0.15) is 6.42 Å². The lowest BCUT2D eigenvalue weighted by atomic mass is 10.3. The van der Waals surface area contributed by atoms with Gasteiger partial charge in [-0.3, -0.25) is 4.79 Å². The number of para-hydroxylation sites is 1. The molecule has 26 heavy (non-hydrogen) atoms. The minimum Gasteiger partial charge on any atom is -0.457 e. The predicted molar refractivity (Wildman–Crippen MR) is 108 cm³/mol. The van der Waals surface area contributed by atoms with Gasteiger partial charge in [0.05, 0.1) is 0 Å². The Hall–Kier alpha value is -2.43. The Kier molecular flexibility index (Phi) is 6.58. The molecular formula is C21H18ClNO2S. The quantitative estimate of drug-likeness (QED) is 0.490. The molecule has 0 heterocycles. The first kappa shape index (κ1) is 18.4. The van der Waals surface area contributed by atoms with Crippen molar-refractivity contribution in [2.45, 2.75) is 11.3 Å². The van der Waals surface area contributed by atoms with Crippen LogP contribution in [0.5, 0.6) is 11.5 Å². The highest BCUT2D eigenvalue weighted by molar-refractivity contribution is 7.99. The summed E-state index contributed by atoms with van der Waals surface area (Å²) in [5, 5.41) is 3.61. The molecule has 0 saturated heterocycles. The molecule has 1 amide bonds. The molecule has 3 rings (SSSR count). The summed E-state index contributed by atoms with van der Waals surface area (Å²) in [5.74, 6) is 2.21. The molecule has 3 aromatic rings. The number of hydrogen-bond acceptors (Lipinski definition) is 3. The maximum Gasteiger partial charge on any atom is 0.225 e. The van der Waals surface area contributed by atoms with Crippen molar-refractivity contribution in [2.24, 2.45) is 0 Å². The topological polar surface area (TPSA) is 38.3 Å². The van der Waals surface area contributed by atoms with E-state index in [0.717, 1.165) is 22.1 Å². The normalized spacial score (nSPS) is 10.3. The maximum atomic E-state index is 12.1. The first-order chi connectivity index (χ1) is 12.7. The predicted octanol–water partition coefficient (Wildman–Crippen LogP) is 6.25. The van der Waals surface area contributed by atoms with Crippen LogP contribution >= 0.6 is 23.4 Å². The Morgan fingerprint density at radius 2 is 1.54 bits per heavy atom. The standard InChI is InChI=1S/C21H18ClNO2S/c22-16-6-12-20(13-7-16)26-15-14-21(24)23-17-8-10-19(11-9-17)25-18-4-2-1-3-5-18/h1-13H,14-15H2,(H,23,24). The summed E-state index contributed by atoms with van der Waals surface area (Å²) < 4.78 is 5.74. The van der Waals surface area contributed by atoms with Crippen molar-refractivity contribution in [3.63, 3.8) is 0 Å². The number of nitrogens with one attached hydrogen (secondary N) is 1. The van der Waals surface area contributed by atoms with Crippen LogP contribution in [0.3, 0.4) is 0 Å². The molecule has 0 fully saturated rings. The van der Waals surface area contributed by atoms with E-state index < -0.39 is 0 Å². The summed E-state index contributed by atoms with van der Waals surface area (Å²) in [7, 11) is 0. The molecule has 5 heteroatoms. The van der Waals surface area contributed by atoms with Gasteiger partial charge < -0.3 is 10.1 Å². The van der Waals surface area contributed by atoms with E-state index in [9.17, 15) is 4.79 Å². The maximum absolute atomic E-state index is 12.1. The van der Waals surface area contributed by atoms with E-state index in [4.69, 9.17) is 16.3 Å². The molecule has 0 unspecified atom stereocenters. The first-order valence-corrected chi connectivity index (χ1v) is 9.56. The summed E-state index contributed by atoms with van der Waals surface area (Å²) >= 11 is 7.49. The van der Waals surface area contributed by atoms with Crippen molar-refractivity contribution < 1.29 is 9.53 Å². The summed E-state index contributed by atoms with van der Waals surface area (Å²) in [6, 6.07) is 24.5. The van der Waals surface area contributed by atoms with E-state index in [0.29, 0.717) is 17.2 Å². The monoisotopic (exact) mass is 383 g/mol. The van der Waals surface area contributed by atoms with Gasteiger partial charge in [-0.05, 0) is 60.7 Å². The van der Waals surface area contributed by atoms with E-state index in [1.165, 1.54) is 0 Å². The smallest absolute Gasteiger partial charge is 0.225 e. The molecule has 0 bridgehead atoms. The number of carbonyl (C=O) groups is 1. The van der Waals surface area contributed by atoms with Gasteiger partial charge in [-0.25, -0.2) is 0 Å². The van der Waals surface area contributed by atoms with Gasteiger partial charge in [-0.1, -0.05) is 29.8 Å². The average molecular weight is 384 g/mol. The molecule has 3 aromatic carbocycles. The Labute approximate surface area is 162 Å². The lowest BCUT2D eigenvalue weighted by molar-refractivity contribution is -0.115. The number of halogens is 1. The van der Waals surface area contributed by atoms with E-state index in [-0.39, 0.29) is 5.91 Å². The molecule has 0 aliphatic carbocycles. The first-order valence-electron chi connectivity index (χ1n) is 8.20. The fourth-order valence-electron chi connectivity index (χ4n) is 2.25. The molecule has 0 radical (unpaired) electrons. The minimum atomic E-state index is -0.0109. The van der Waals surface area contributed by atoms with Gasteiger partial charge in [0, 0.05) is 27.8 Å². The molecular weight excluding hydrogens is 366 g/mol. The van der Waals surface area contributed by atoms with E-state index in [1.54, 1.807) is 11.8 Å². The third kappa shape index (κ3) is 5.83. The van der Waals surface area contributed by atoms with Gasteiger partial charge in [0.15, 0.2) is 0 Å². The lowest BCUT2D eigenvalue weighted by Gasteiger charge is -2.08. The SMILES string of the molecule is O=C(CCSc1ccc(Cl)cc1)Nc1ccc(Oc2ccccc2)cc1. The third-order valence-corrected chi connectivity index (χ3v) is 4.79. The number of amides is 1. The van der Waals surface area contributed by atoms with Crippen LogP contribution in [0.2, 0.25) is 5.02 Å². The molecule has 0 aliphatic rings. The van der Waals surface area contributed by atoms with Crippen LogP contribution in [0, 0.1) is 0 Å². The number of rotatable bonds is 7. The number of hydrogen-bond donors (Lipinski definition) is 1. The average Bonchev–Trinajstić information content (AvgIpc) is 2.66. The third-order valence-electron chi connectivity index (χ3n) is 3.53. The minimum absolute atomic E-state index is 0.0109. The molecule has 1 N–H and O–H groups in total. The summed E-state index contributed by atoms with van der Waals surface area (Å²) in [5.41, 5.74) is 0.756. The van der Waals surface area contributed by atoms with Gasteiger partial charge in [0.25, 0.3) is 0 Å². The Morgan fingerprint density at radius 3 is 2.23 bits per heavy atom. The highest BCUT2D eigenvalue weighted by Crippen LogP contribution is 2.23. The van der Waals surface area contributed by atoms with Crippen molar-refractivity contribution in [2.75, 3.05) is 11.1 Å². The molecule has 0 aromatic heterocycles. The number of thioether (sulfide) groups is 1. The summed E-state index contributed by atoms with van der Waals surface area (Å²) in [4.78, 5) is 13.2. The van der Waals surface area contributed by atoms with Crippen LogP contribution in [-0.4, -0.2) is 11.7 Å². The van der Waals surface area contributed by atoms with Gasteiger partial charge in [0.1, 0.15) is 11.5 Å². The second kappa shape index (κ2) is 9.32. The zero-order valence-corrected chi connectivity index (χ0v) is 15.6. The zero-order chi connectivity index (χ0) is 18.2. The lowest BCUT2D eigenvalue weighted by Crippen LogP contribution is -2.12. The summed E-state index contributed by atoms with van der Waals surface area (Å²) in [6.45, 7) is 0. The van der Waals surface area contributed by atoms with Crippen molar-refractivity contribution in [3.8, 4) is 11.5 Å². The highest BCUT2D eigenvalue weighted by Gasteiger charge is 2.04. The van der Waals surface area contributed by atoms with E-state index in [2.05, 4.69) is 5.32 Å². The van der Waals surface area contributed by atoms with Gasteiger partial charge in [-0.2, -0.15) is 0 Å².